The molecule has 3 aromatic carbocycles. The summed E-state index contributed by atoms with van der Waals surface area (Å²) in [6.07, 6.45) is -7.60. The number of hydrogen-bond donors (Lipinski definition) is 6. The molecule has 0 saturated heterocycles. The molecule has 1 saturated carbocycles. The molecule has 1 aliphatic rings. The number of carbonyl (C=O) groups excluding carboxylic acids is 2. The average molecular weight is 799 g/mol. The van der Waals surface area contributed by atoms with Crippen molar-refractivity contribution in [3.63, 3.8) is 0 Å². The van der Waals surface area contributed by atoms with Gasteiger partial charge in [0.1, 0.15) is 18.2 Å². The van der Waals surface area contributed by atoms with Gasteiger partial charge in [-0.05, 0) is 86.7 Å². The third-order valence-corrected chi connectivity index (χ3v) is 8.38. The van der Waals surface area contributed by atoms with Crippen molar-refractivity contribution in [2.24, 2.45) is 0 Å². The van der Waals surface area contributed by atoms with Gasteiger partial charge in [-0.2, -0.15) is 26.3 Å². The summed E-state index contributed by atoms with van der Waals surface area (Å²) in [6.45, 7) is 2.93. The molecule has 0 radical (unpaired) electrons. The maximum absolute atomic E-state index is 13.3. The molecule has 0 unspecified atom stereocenters. The summed E-state index contributed by atoms with van der Waals surface area (Å²) in [7, 11) is 0. The van der Waals surface area contributed by atoms with Gasteiger partial charge in [-0.3, -0.25) is 19.8 Å². The highest BCUT2D eigenvalue weighted by Gasteiger charge is 2.40. The van der Waals surface area contributed by atoms with E-state index in [2.05, 4.69) is 15.6 Å². The van der Waals surface area contributed by atoms with E-state index in [4.69, 9.17) is 24.5 Å². The summed E-state index contributed by atoms with van der Waals surface area (Å²) in [5.74, 6) is -5.99. The molecule has 56 heavy (non-hydrogen) atoms. The molecule has 0 aliphatic heterocycles. The smallest absolute Gasteiger partial charge is 0.489 e. The molecular weight excluding hydrogens is 761 g/mol. The fourth-order valence-corrected chi connectivity index (χ4v) is 5.62. The first-order valence-corrected chi connectivity index (χ1v) is 16.6. The van der Waals surface area contributed by atoms with E-state index in [-0.39, 0.29) is 24.2 Å². The maximum Gasteiger partial charge on any atom is 0.490 e. The number of carboxylic acid groups (broad SMARTS) is 2. The average Bonchev–Trinajstić information content (AvgIpc) is 3.14. The number of aromatic nitrogens is 1. The first-order chi connectivity index (χ1) is 26.2. The third kappa shape index (κ3) is 14.1. The number of amides is 2. The molecule has 0 spiro atoms. The normalized spacial score (nSPS) is 16.6. The van der Waals surface area contributed by atoms with Gasteiger partial charge < -0.3 is 25.6 Å². The quantitative estimate of drug-likeness (QED) is 0.0578. The lowest BCUT2D eigenvalue weighted by Crippen LogP contribution is -2.54. The summed E-state index contributed by atoms with van der Waals surface area (Å²) in [5, 5.41) is 31.0. The van der Waals surface area contributed by atoms with Gasteiger partial charge in [0.05, 0.1) is 11.9 Å². The first-order valence-electron chi connectivity index (χ1n) is 16.6. The highest BCUT2D eigenvalue weighted by molar-refractivity contribution is 5.95. The van der Waals surface area contributed by atoms with Crippen LogP contribution in [0.15, 0.2) is 78.9 Å². The molecule has 6 N–H and O–H groups in total. The van der Waals surface area contributed by atoms with Gasteiger partial charge in [0.15, 0.2) is 0 Å². The minimum absolute atomic E-state index is 0.0274. The summed E-state index contributed by atoms with van der Waals surface area (Å²) < 4.78 is 82.7. The minimum atomic E-state index is -5.08. The van der Waals surface area contributed by atoms with E-state index < -0.39 is 35.7 Å². The second-order valence-corrected chi connectivity index (χ2v) is 12.6. The maximum atomic E-state index is 13.3. The van der Waals surface area contributed by atoms with E-state index >= 15 is 0 Å². The number of nitrogens with zero attached hydrogens (tertiary/aromatic N) is 1. The highest BCUT2D eigenvalue weighted by Crippen LogP contribution is 2.32. The van der Waals surface area contributed by atoms with E-state index in [0.717, 1.165) is 40.6 Å². The van der Waals surface area contributed by atoms with Crippen molar-refractivity contribution < 1.29 is 70.1 Å². The number of carboxylic acids is 2. The van der Waals surface area contributed by atoms with E-state index in [1.165, 1.54) is 12.1 Å². The number of para-hydroxylation sites is 1. The molecule has 1 fully saturated rings. The van der Waals surface area contributed by atoms with Crippen molar-refractivity contribution in [3.05, 3.63) is 107 Å². The molecule has 302 valence electrons. The molecule has 4 aromatic rings. The number of nitrogens with one attached hydrogen (secondary N) is 3. The SMILES string of the molecule is Cc1cc(COc2ccc(C(=O)N[C@]3(CC(=O)NO)CC[C@H](NCc4ccc(F)cc4)CC3)cc2)c2ccccc2n1.O=C(O)C(F)(F)F.O=C(O)C(F)(F)F. The van der Waals surface area contributed by atoms with Crippen molar-refractivity contribution in [2.45, 2.75) is 76.1 Å². The van der Waals surface area contributed by atoms with Gasteiger partial charge >= 0.3 is 24.3 Å². The van der Waals surface area contributed by atoms with E-state index in [1.807, 2.05) is 37.3 Å². The van der Waals surface area contributed by atoms with Crippen LogP contribution in [-0.4, -0.2) is 68.1 Å². The Morgan fingerprint density at radius 2 is 1.41 bits per heavy atom. The Hall–Kier alpha value is -5.82. The number of fused-ring (bicyclic) bond motifs is 1. The number of alkyl halides is 6. The predicted molar refractivity (Wildman–Crippen MR) is 185 cm³/mol. The lowest BCUT2D eigenvalue weighted by atomic mass is 9.76. The number of hydrogen-bond acceptors (Lipinski definition) is 8. The van der Waals surface area contributed by atoms with Crippen LogP contribution in [0.2, 0.25) is 0 Å². The lowest BCUT2D eigenvalue weighted by Gasteiger charge is -2.40. The second kappa shape index (κ2) is 19.7. The largest absolute Gasteiger partial charge is 0.490 e. The Morgan fingerprint density at radius 1 is 0.857 bits per heavy atom. The van der Waals surface area contributed by atoms with Crippen LogP contribution in [0.5, 0.6) is 5.75 Å². The molecular formula is C37H37F7N4O8. The lowest BCUT2D eigenvalue weighted by molar-refractivity contribution is -0.193. The number of ether oxygens (including phenoxy) is 1. The number of hydroxylamine groups is 1. The zero-order chi connectivity index (χ0) is 41.7. The standard InChI is InChI=1S/C33H35FN4O4.2C2HF3O2/c1-22-18-25(29-4-2-3-5-30(29)36-22)21-42-28-12-8-24(9-13-28)32(40)37-33(19-31(39)38-41)16-14-27(15-17-33)35-20-23-6-10-26(34)11-7-23;2*3-2(4,5)1(6)7/h2-13,18,27,35,41H,14-17,19-21H2,1H3,(H,37,40)(H,38,39);2*(H,6,7)/t27-,33+;;. The number of halogens is 7. The summed E-state index contributed by atoms with van der Waals surface area (Å²) in [5.41, 5.74) is 5.23. The number of aryl methyl sites for hydroxylation is 1. The van der Waals surface area contributed by atoms with Gasteiger partial charge in [-0.1, -0.05) is 30.3 Å². The van der Waals surface area contributed by atoms with Crippen molar-refractivity contribution >= 4 is 34.7 Å². The van der Waals surface area contributed by atoms with Crippen LogP contribution in [0.25, 0.3) is 10.9 Å². The van der Waals surface area contributed by atoms with E-state index in [0.29, 0.717) is 37.3 Å². The molecule has 1 aliphatic carbocycles. The molecule has 19 heteroatoms. The number of aliphatic carboxylic acids is 2. The summed E-state index contributed by atoms with van der Waals surface area (Å²) in [4.78, 5) is 47.8. The number of pyridine rings is 1. The first kappa shape index (κ1) is 44.6. The number of benzene rings is 3. The van der Waals surface area contributed by atoms with E-state index in [1.54, 1.807) is 41.9 Å². The van der Waals surface area contributed by atoms with Crippen molar-refractivity contribution in [2.75, 3.05) is 0 Å². The topological polar surface area (TPSA) is 187 Å². The summed E-state index contributed by atoms with van der Waals surface area (Å²) in [6, 6.07) is 23.4. The van der Waals surface area contributed by atoms with E-state index in [9.17, 15) is 45.5 Å². The highest BCUT2D eigenvalue weighted by atomic mass is 19.4. The van der Waals surface area contributed by atoms with Crippen LogP contribution < -0.4 is 20.9 Å². The van der Waals surface area contributed by atoms with Gasteiger partial charge in [-0.25, -0.2) is 19.5 Å². The zero-order valence-corrected chi connectivity index (χ0v) is 29.5. The zero-order valence-electron chi connectivity index (χ0n) is 29.5. The van der Waals surface area contributed by atoms with Crippen LogP contribution in [0.4, 0.5) is 30.7 Å². The van der Waals surface area contributed by atoms with Crippen molar-refractivity contribution in [1.82, 2.24) is 21.1 Å². The fraction of sp³-hybridized carbons (Fsp3) is 0.324. The van der Waals surface area contributed by atoms with Crippen LogP contribution in [-0.2, 0) is 27.5 Å². The number of carbonyl (C=O) groups is 4. The van der Waals surface area contributed by atoms with Crippen molar-refractivity contribution in [3.8, 4) is 5.75 Å². The van der Waals surface area contributed by atoms with Crippen molar-refractivity contribution in [1.29, 1.82) is 0 Å². The second-order valence-electron chi connectivity index (χ2n) is 12.6. The fourth-order valence-electron chi connectivity index (χ4n) is 5.62. The Labute approximate surface area is 314 Å². The molecule has 12 nitrogen and oxygen atoms in total. The molecule has 0 bridgehead atoms. The van der Waals surface area contributed by atoms with Crippen LogP contribution in [0.1, 0.15) is 59.3 Å². The Bertz CT molecular complexity index is 1930. The Morgan fingerprint density at radius 3 is 1.95 bits per heavy atom. The van der Waals surface area contributed by atoms with Gasteiger partial charge in [0.25, 0.3) is 5.91 Å². The number of rotatable bonds is 10. The van der Waals surface area contributed by atoms with Gasteiger partial charge in [0, 0.05) is 40.3 Å². The predicted octanol–water partition coefficient (Wildman–Crippen LogP) is 6.62. The van der Waals surface area contributed by atoms with Crippen LogP contribution in [0, 0.1) is 12.7 Å². The molecule has 5 rings (SSSR count). The molecule has 1 heterocycles. The van der Waals surface area contributed by atoms with Crippen LogP contribution >= 0.6 is 0 Å². The monoisotopic (exact) mass is 798 g/mol. The third-order valence-electron chi connectivity index (χ3n) is 8.38. The molecule has 0 atom stereocenters. The summed E-state index contributed by atoms with van der Waals surface area (Å²) >= 11 is 0. The molecule has 1 aromatic heterocycles. The molecule has 2 amide bonds. The minimum Gasteiger partial charge on any atom is -0.489 e. The Balaban J connectivity index is 0.000000512. The van der Waals surface area contributed by atoms with Gasteiger partial charge in [-0.15, -0.1) is 0 Å². The Kier molecular flexibility index (Phi) is 15.7. The van der Waals surface area contributed by atoms with Crippen LogP contribution in [0.3, 0.4) is 0 Å². The van der Waals surface area contributed by atoms with Gasteiger partial charge in [0.2, 0.25) is 5.91 Å².